The number of nitrogens with one attached hydrogen (secondary N) is 4. The van der Waals surface area contributed by atoms with Gasteiger partial charge in [-0.2, -0.15) is 0 Å². The zero-order chi connectivity index (χ0) is 36.1. The molecule has 1 saturated heterocycles. The van der Waals surface area contributed by atoms with Crippen molar-refractivity contribution in [2.24, 2.45) is 11.5 Å². The van der Waals surface area contributed by atoms with Gasteiger partial charge in [-0.15, -0.1) is 0 Å². The number of hydrogen-bond donors (Lipinski definition) is 8. The van der Waals surface area contributed by atoms with E-state index in [0.717, 1.165) is 10.5 Å². The molecule has 0 spiro atoms. The summed E-state index contributed by atoms with van der Waals surface area (Å²) in [5.74, 6) is -6.29. The van der Waals surface area contributed by atoms with Gasteiger partial charge in [-0.1, -0.05) is 60.7 Å². The molecule has 6 atom stereocenters. The van der Waals surface area contributed by atoms with Gasteiger partial charge in [-0.05, 0) is 37.3 Å². The number of carbonyl (C=O) groups excluding carboxylic acids is 6. The quantitative estimate of drug-likeness (QED) is 0.0885. The average Bonchev–Trinajstić information content (AvgIpc) is 3.57. The highest BCUT2D eigenvalue weighted by Crippen LogP contribution is 2.18. The van der Waals surface area contributed by atoms with E-state index in [0.29, 0.717) is 12.0 Å². The summed E-state index contributed by atoms with van der Waals surface area (Å²) in [6, 6.07) is 10.1. The second kappa shape index (κ2) is 18.3. The number of nitrogens with zero attached hydrogens (tertiary/aromatic N) is 1. The molecule has 6 amide bonds. The van der Waals surface area contributed by atoms with E-state index in [1.165, 1.54) is 6.92 Å². The van der Waals surface area contributed by atoms with Gasteiger partial charge in [0.05, 0.1) is 19.1 Å². The van der Waals surface area contributed by atoms with E-state index in [2.05, 4.69) is 21.3 Å². The molecule has 10 N–H and O–H groups in total. The first-order valence-electron chi connectivity index (χ1n) is 15.8. The molecule has 0 radical (unpaired) electrons. The predicted octanol–water partition coefficient (Wildman–Crippen LogP) is -2.30. The number of primary amides is 1. The number of carbonyl (C=O) groups is 7. The number of amides is 6. The summed E-state index contributed by atoms with van der Waals surface area (Å²) >= 11 is 0. The molecule has 3 rings (SSSR count). The maximum atomic E-state index is 13.5. The number of carboxylic acid groups (broad SMARTS) is 1. The van der Waals surface area contributed by atoms with Crippen LogP contribution in [0.4, 0.5) is 0 Å². The van der Waals surface area contributed by atoms with E-state index in [-0.39, 0.29) is 25.8 Å². The van der Waals surface area contributed by atoms with Crippen LogP contribution in [0, 0.1) is 0 Å². The van der Waals surface area contributed by atoms with Crippen LogP contribution in [0.25, 0.3) is 0 Å². The van der Waals surface area contributed by atoms with Crippen LogP contribution >= 0.6 is 0 Å². The monoisotopic (exact) mass is 681 g/mol. The van der Waals surface area contributed by atoms with Crippen LogP contribution in [-0.2, 0) is 46.4 Å². The molecule has 16 heteroatoms. The van der Waals surface area contributed by atoms with E-state index >= 15 is 0 Å². The fourth-order valence-electron chi connectivity index (χ4n) is 5.33. The second-order valence-corrected chi connectivity index (χ2v) is 11.8. The molecule has 1 fully saturated rings. The van der Waals surface area contributed by atoms with Crippen molar-refractivity contribution in [3.63, 3.8) is 0 Å². The van der Waals surface area contributed by atoms with Crippen molar-refractivity contribution < 1.29 is 43.8 Å². The summed E-state index contributed by atoms with van der Waals surface area (Å²) < 4.78 is 0. The minimum atomic E-state index is -1.57. The minimum absolute atomic E-state index is 0.0104. The topological polar surface area (TPSA) is 263 Å². The molecule has 1 aliphatic heterocycles. The fourth-order valence-corrected chi connectivity index (χ4v) is 5.33. The highest BCUT2D eigenvalue weighted by molar-refractivity contribution is 5.97. The van der Waals surface area contributed by atoms with Crippen molar-refractivity contribution in [3.8, 4) is 0 Å². The Morgan fingerprint density at radius 3 is 1.86 bits per heavy atom. The summed E-state index contributed by atoms with van der Waals surface area (Å²) in [7, 11) is 0. The van der Waals surface area contributed by atoms with E-state index < -0.39 is 90.7 Å². The van der Waals surface area contributed by atoms with Gasteiger partial charge in [0.1, 0.15) is 30.2 Å². The minimum Gasteiger partial charge on any atom is -0.480 e. The highest BCUT2D eigenvalue weighted by Gasteiger charge is 2.38. The van der Waals surface area contributed by atoms with E-state index in [1.807, 2.05) is 6.07 Å². The Hall–Kier alpha value is -5.35. The van der Waals surface area contributed by atoms with Crippen LogP contribution in [0.5, 0.6) is 0 Å². The molecule has 264 valence electrons. The lowest BCUT2D eigenvalue weighted by Crippen LogP contribution is -2.60. The second-order valence-electron chi connectivity index (χ2n) is 11.8. The molecule has 16 nitrogen and oxygen atoms in total. The summed E-state index contributed by atoms with van der Waals surface area (Å²) in [5.41, 5.74) is 13.0. The van der Waals surface area contributed by atoms with Gasteiger partial charge in [0.25, 0.3) is 0 Å². The fraction of sp³-hybridized carbons (Fsp3) is 0.424. The van der Waals surface area contributed by atoms with Gasteiger partial charge < -0.3 is 47.8 Å². The number of aliphatic hydroxyl groups excluding tert-OH is 1. The lowest BCUT2D eigenvalue weighted by Gasteiger charge is -2.27. The standard InChI is InChI=1S/C33H43N7O9/c1-19(28(43)39-25(18-41)32(47)40-14-8-13-26(40)33(48)49)36-30(45)24(17-27(35)42)38-31(46)23(16-21-11-6-3-7-12-21)37-29(44)22(34)15-20-9-4-2-5-10-20/h2-7,9-12,19,22-26,41H,8,13-18,34H2,1H3,(H2,35,42)(H,36,45)(H,37,44)(H,38,46)(H,39,43)(H,48,49)/t19-,22-,23-,24-,25-,26+/m0/s1. The largest absolute Gasteiger partial charge is 0.480 e. The average molecular weight is 682 g/mol. The molecule has 49 heavy (non-hydrogen) atoms. The normalized spacial score (nSPS) is 17.0. The van der Waals surface area contributed by atoms with Gasteiger partial charge >= 0.3 is 5.97 Å². The Morgan fingerprint density at radius 2 is 1.31 bits per heavy atom. The number of aliphatic carboxylic acids is 1. The van der Waals surface area contributed by atoms with Gasteiger partial charge in [0.2, 0.25) is 35.4 Å². The van der Waals surface area contributed by atoms with Crippen molar-refractivity contribution in [3.05, 3.63) is 71.8 Å². The van der Waals surface area contributed by atoms with Gasteiger partial charge in [0, 0.05) is 13.0 Å². The van der Waals surface area contributed by atoms with Crippen LogP contribution in [0.1, 0.15) is 37.3 Å². The SMILES string of the molecule is C[C@H](NC(=O)[C@H](CC(N)=O)NC(=O)[C@H](Cc1ccccc1)NC(=O)[C@@H](N)Cc1ccccc1)C(=O)N[C@@H](CO)C(=O)N1CCC[C@@H]1C(=O)O. The van der Waals surface area contributed by atoms with Gasteiger partial charge in [-0.25, -0.2) is 4.79 Å². The van der Waals surface area contributed by atoms with Crippen molar-refractivity contribution in [1.82, 2.24) is 26.2 Å². The molecule has 1 heterocycles. The van der Waals surface area contributed by atoms with E-state index in [4.69, 9.17) is 11.5 Å². The first-order chi connectivity index (χ1) is 23.3. The molecule has 2 aromatic carbocycles. The zero-order valence-corrected chi connectivity index (χ0v) is 27.0. The molecule has 0 saturated carbocycles. The molecule has 0 aliphatic carbocycles. The van der Waals surface area contributed by atoms with Crippen LogP contribution in [0.3, 0.4) is 0 Å². The Labute approximate surface area is 283 Å². The van der Waals surface area contributed by atoms with Crippen LogP contribution in [0.15, 0.2) is 60.7 Å². The molecule has 0 unspecified atom stereocenters. The number of benzene rings is 2. The number of carboxylic acids is 1. The molecule has 2 aromatic rings. The van der Waals surface area contributed by atoms with Crippen molar-refractivity contribution in [2.75, 3.05) is 13.2 Å². The maximum Gasteiger partial charge on any atom is 0.326 e. The Bertz CT molecular complexity index is 1490. The van der Waals surface area contributed by atoms with Crippen LogP contribution in [-0.4, -0.2) is 106 Å². The van der Waals surface area contributed by atoms with E-state index in [1.54, 1.807) is 54.6 Å². The molecular weight excluding hydrogens is 638 g/mol. The van der Waals surface area contributed by atoms with Gasteiger partial charge in [0.15, 0.2) is 0 Å². The lowest BCUT2D eigenvalue weighted by molar-refractivity contribution is -0.150. The smallest absolute Gasteiger partial charge is 0.326 e. The Kier molecular flexibility index (Phi) is 14.2. The molecule has 1 aliphatic rings. The van der Waals surface area contributed by atoms with Crippen LogP contribution in [0.2, 0.25) is 0 Å². The number of nitrogens with two attached hydrogens (primary N) is 2. The number of hydrogen-bond acceptors (Lipinski definition) is 9. The molecule has 0 aromatic heterocycles. The third-order valence-corrected chi connectivity index (χ3v) is 7.96. The first kappa shape index (κ1) is 38.1. The lowest BCUT2D eigenvalue weighted by atomic mass is 10.0. The summed E-state index contributed by atoms with van der Waals surface area (Å²) in [5, 5.41) is 28.9. The van der Waals surface area contributed by atoms with Crippen molar-refractivity contribution in [1.29, 1.82) is 0 Å². The zero-order valence-electron chi connectivity index (χ0n) is 27.0. The first-order valence-corrected chi connectivity index (χ1v) is 15.8. The molecular formula is C33H43N7O9. The summed E-state index contributed by atoms with van der Waals surface area (Å²) in [6.45, 7) is 0.559. The summed E-state index contributed by atoms with van der Waals surface area (Å²) in [4.78, 5) is 90.1. The van der Waals surface area contributed by atoms with E-state index in [9.17, 15) is 43.8 Å². The van der Waals surface area contributed by atoms with Gasteiger partial charge in [-0.3, -0.25) is 28.8 Å². The number of rotatable bonds is 17. The number of likely N-dealkylation sites (tertiary alicyclic amines) is 1. The third kappa shape index (κ3) is 11.4. The third-order valence-electron chi connectivity index (χ3n) is 7.96. The van der Waals surface area contributed by atoms with Crippen LogP contribution < -0.4 is 32.7 Å². The van der Waals surface area contributed by atoms with Crippen molar-refractivity contribution >= 4 is 41.4 Å². The highest BCUT2D eigenvalue weighted by atomic mass is 16.4. The summed E-state index contributed by atoms with van der Waals surface area (Å²) in [6.07, 6.45) is 0.207. The maximum absolute atomic E-state index is 13.5. The number of aliphatic hydroxyl groups is 1. The predicted molar refractivity (Wildman–Crippen MR) is 175 cm³/mol. The Balaban J connectivity index is 1.69. The van der Waals surface area contributed by atoms with Crippen molar-refractivity contribution in [2.45, 2.75) is 75.3 Å². The Morgan fingerprint density at radius 1 is 0.776 bits per heavy atom. The molecule has 0 bridgehead atoms.